The normalized spacial score (nSPS) is 12.7. The van der Waals surface area contributed by atoms with Crippen molar-refractivity contribution in [2.75, 3.05) is 0 Å². The van der Waals surface area contributed by atoms with Gasteiger partial charge in [-0.3, -0.25) is 4.40 Å². The van der Waals surface area contributed by atoms with Crippen LogP contribution in [0.4, 0.5) is 0 Å². The maximum Gasteiger partial charge on any atom is 0.165 e. The van der Waals surface area contributed by atoms with Crippen LogP contribution >= 0.6 is 11.3 Å². The fraction of sp³-hybridized carbons (Fsp3) is 0. The summed E-state index contributed by atoms with van der Waals surface area (Å²) in [4.78, 5) is 10.0. The molecule has 0 amide bonds. The molecule has 0 saturated heterocycles. The largest absolute Gasteiger partial charge is 0.291 e. The number of hydrogen-bond donors (Lipinski definition) is 0. The SMILES string of the molecule is c1ccc2nc3c(nc2c1)c1cccc2c4cc5c(cc4n3c21)sc1ccccc15. The van der Waals surface area contributed by atoms with E-state index in [1.165, 1.54) is 47.4 Å². The fourth-order valence-electron chi connectivity index (χ4n) is 5.02. The van der Waals surface area contributed by atoms with Crippen molar-refractivity contribution in [3.63, 3.8) is 0 Å². The molecule has 30 heavy (non-hydrogen) atoms. The van der Waals surface area contributed by atoms with Crippen LogP contribution in [0.2, 0.25) is 0 Å². The number of benzene rings is 4. The summed E-state index contributed by atoms with van der Waals surface area (Å²) < 4.78 is 4.96. The van der Waals surface area contributed by atoms with Gasteiger partial charge in [0, 0.05) is 36.3 Å². The predicted molar refractivity (Wildman–Crippen MR) is 127 cm³/mol. The van der Waals surface area contributed by atoms with Crippen LogP contribution in [0.5, 0.6) is 0 Å². The van der Waals surface area contributed by atoms with Gasteiger partial charge in [0.05, 0.1) is 22.1 Å². The van der Waals surface area contributed by atoms with E-state index in [2.05, 4.69) is 59.0 Å². The van der Waals surface area contributed by atoms with Gasteiger partial charge in [-0.1, -0.05) is 48.5 Å². The second-order valence-electron chi connectivity index (χ2n) is 7.89. The predicted octanol–water partition coefficient (Wildman–Crippen LogP) is 7.15. The number of nitrogens with zero attached hydrogens (tertiary/aromatic N) is 3. The lowest BCUT2D eigenvalue weighted by molar-refractivity contribution is 1.28. The Balaban J connectivity index is 1.67. The van der Waals surface area contributed by atoms with Gasteiger partial charge >= 0.3 is 0 Å². The van der Waals surface area contributed by atoms with Gasteiger partial charge in [-0.2, -0.15) is 0 Å². The van der Waals surface area contributed by atoms with Crippen molar-refractivity contribution in [3.8, 4) is 0 Å². The molecule has 8 rings (SSSR count). The Morgan fingerprint density at radius 1 is 0.600 bits per heavy atom. The summed E-state index contributed by atoms with van der Waals surface area (Å²) >= 11 is 1.86. The Kier molecular flexibility index (Phi) is 2.54. The lowest BCUT2D eigenvalue weighted by Gasteiger charge is -2.00. The maximum atomic E-state index is 5.04. The average molecular weight is 399 g/mol. The zero-order valence-electron chi connectivity index (χ0n) is 15.8. The number of para-hydroxylation sites is 3. The Bertz CT molecular complexity index is 1960. The monoisotopic (exact) mass is 399 g/mol. The van der Waals surface area contributed by atoms with Gasteiger partial charge in [-0.15, -0.1) is 11.3 Å². The molecule has 0 aliphatic heterocycles. The topological polar surface area (TPSA) is 30.2 Å². The van der Waals surface area contributed by atoms with E-state index in [0.717, 1.165) is 22.2 Å². The van der Waals surface area contributed by atoms with E-state index >= 15 is 0 Å². The van der Waals surface area contributed by atoms with E-state index in [0.29, 0.717) is 0 Å². The van der Waals surface area contributed by atoms with Crippen LogP contribution in [-0.2, 0) is 0 Å². The summed E-state index contributed by atoms with van der Waals surface area (Å²) in [6.45, 7) is 0. The third-order valence-electron chi connectivity index (χ3n) is 6.30. The van der Waals surface area contributed by atoms with Crippen LogP contribution in [-0.4, -0.2) is 14.4 Å². The maximum absolute atomic E-state index is 5.04. The van der Waals surface area contributed by atoms with Crippen LogP contribution in [0.15, 0.2) is 78.9 Å². The first-order chi connectivity index (χ1) is 14.9. The minimum Gasteiger partial charge on any atom is -0.291 e. The highest BCUT2D eigenvalue weighted by molar-refractivity contribution is 7.25. The van der Waals surface area contributed by atoms with E-state index in [-0.39, 0.29) is 0 Å². The van der Waals surface area contributed by atoms with E-state index in [9.17, 15) is 0 Å². The second-order valence-corrected chi connectivity index (χ2v) is 8.97. The van der Waals surface area contributed by atoms with Crippen molar-refractivity contribution in [2.24, 2.45) is 0 Å². The molecular weight excluding hydrogens is 386 g/mol. The molecule has 4 heterocycles. The Morgan fingerprint density at radius 3 is 2.30 bits per heavy atom. The molecule has 4 heteroatoms. The van der Waals surface area contributed by atoms with Crippen LogP contribution in [0.3, 0.4) is 0 Å². The highest BCUT2D eigenvalue weighted by atomic mass is 32.1. The van der Waals surface area contributed by atoms with E-state index < -0.39 is 0 Å². The van der Waals surface area contributed by atoms with Gasteiger partial charge in [0.2, 0.25) is 0 Å². The molecule has 8 aromatic rings. The number of hydrogen-bond acceptors (Lipinski definition) is 3. The standard InChI is InChI=1S/C26H13N3S/c1-4-11-22-14(6-1)18-12-17-15-7-5-8-16-24-26(28-20-10-3-2-9-19(20)27-24)29(25(15)16)21(17)13-23(18)30-22/h1-13H. The summed E-state index contributed by atoms with van der Waals surface area (Å²) in [6.07, 6.45) is 0. The summed E-state index contributed by atoms with van der Waals surface area (Å²) in [7, 11) is 0. The van der Waals surface area contributed by atoms with Crippen LogP contribution in [0.25, 0.3) is 69.6 Å². The first-order valence-corrected chi connectivity index (χ1v) is 10.8. The number of rotatable bonds is 0. The van der Waals surface area contributed by atoms with Gasteiger partial charge in [0.1, 0.15) is 5.52 Å². The molecule has 0 N–H and O–H groups in total. The molecule has 0 bridgehead atoms. The number of aromatic nitrogens is 3. The Labute approximate surface area is 174 Å². The van der Waals surface area contributed by atoms with Gasteiger partial charge < -0.3 is 0 Å². The second kappa shape index (κ2) is 5.04. The minimum absolute atomic E-state index is 0.932. The fourth-order valence-corrected chi connectivity index (χ4v) is 6.14. The molecule has 4 aromatic carbocycles. The zero-order valence-corrected chi connectivity index (χ0v) is 16.6. The molecule has 138 valence electrons. The molecule has 0 unspecified atom stereocenters. The molecule has 0 fully saturated rings. The van der Waals surface area contributed by atoms with E-state index in [1.54, 1.807) is 0 Å². The van der Waals surface area contributed by atoms with Crippen molar-refractivity contribution in [2.45, 2.75) is 0 Å². The van der Waals surface area contributed by atoms with Gasteiger partial charge in [0.15, 0.2) is 5.65 Å². The summed E-state index contributed by atoms with van der Waals surface area (Å²) in [5, 5.41) is 6.38. The number of thiophene rings is 1. The highest BCUT2D eigenvalue weighted by Crippen LogP contribution is 2.42. The number of fused-ring (bicyclic) bond motifs is 10. The lowest BCUT2D eigenvalue weighted by Crippen LogP contribution is -1.88. The van der Waals surface area contributed by atoms with Gasteiger partial charge in [-0.05, 0) is 30.3 Å². The minimum atomic E-state index is 0.932. The molecule has 3 nitrogen and oxygen atoms in total. The summed E-state index contributed by atoms with van der Waals surface area (Å²) in [5.41, 5.74) is 6.22. The molecule has 0 saturated carbocycles. The molecule has 0 aliphatic carbocycles. The van der Waals surface area contributed by atoms with Crippen LogP contribution in [0, 0.1) is 0 Å². The lowest BCUT2D eigenvalue weighted by atomic mass is 10.1. The average Bonchev–Trinajstić information content (AvgIpc) is 3.42. The summed E-state index contributed by atoms with van der Waals surface area (Å²) in [5.74, 6) is 0. The van der Waals surface area contributed by atoms with Crippen LogP contribution in [0.1, 0.15) is 0 Å². The molecule has 0 radical (unpaired) electrons. The van der Waals surface area contributed by atoms with Crippen molar-refractivity contribution in [1.29, 1.82) is 0 Å². The Hall–Kier alpha value is -3.76. The highest BCUT2D eigenvalue weighted by Gasteiger charge is 2.20. The van der Waals surface area contributed by atoms with Gasteiger partial charge in [-0.25, -0.2) is 9.97 Å². The van der Waals surface area contributed by atoms with Gasteiger partial charge in [0.25, 0.3) is 0 Å². The molecule has 0 aliphatic rings. The van der Waals surface area contributed by atoms with Crippen molar-refractivity contribution in [1.82, 2.24) is 14.4 Å². The van der Waals surface area contributed by atoms with E-state index in [4.69, 9.17) is 9.97 Å². The van der Waals surface area contributed by atoms with Crippen molar-refractivity contribution >= 4 is 80.9 Å². The third-order valence-corrected chi connectivity index (χ3v) is 7.44. The quantitative estimate of drug-likeness (QED) is 0.271. The smallest absolute Gasteiger partial charge is 0.165 e. The Morgan fingerprint density at radius 2 is 1.37 bits per heavy atom. The van der Waals surface area contributed by atoms with Crippen LogP contribution < -0.4 is 0 Å². The molecule has 4 aromatic heterocycles. The first-order valence-electron chi connectivity index (χ1n) is 10.0. The third kappa shape index (κ3) is 1.68. The molecule has 0 spiro atoms. The first kappa shape index (κ1) is 15.1. The summed E-state index contributed by atoms with van der Waals surface area (Å²) in [6, 6.07) is 28.0. The van der Waals surface area contributed by atoms with E-state index in [1.807, 2.05) is 35.6 Å². The zero-order chi connectivity index (χ0) is 19.4. The molecule has 0 atom stereocenters. The van der Waals surface area contributed by atoms with Crippen molar-refractivity contribution < 1.29 is 0 Å². The van der Waals surface area contributed by atoms with Crippen molar-refractivity contribution in [3.05, 3.63) is 78.9 Å². The molecular formula is C26H13N3S.